The van der Waals surface area contributed by atoms with Crippen LogP contribution < -0.4 is 0 Å². The van der Waals surface area contributed by atoms with Crippen LogP contribution in [-0.2, 0) is 4.79 Å². The van der Waals surface area contributed by atoms with Gasteiger partial charge in [0.1, 0.15) is 0 Å². The maximum absolute atomic E-state index is 13.3. The molecular weight excluding hydrogens is 521 g/mol. The Morgan fingerprint density at radius 1 is 1.17 bits per heavy atom. The molecule has 2 nitrogen and oxygen atoms in total. The minimum absolute atomic E-state index is 0.00125. The van der Waals surface area contributed by atoms with Crippen LogP contribution in [0.3, 0.4) is 0 Å². The van der Waals surface area contributed by atoms with Crippen LogP contribution in [0.25, 0.3) is 0 Å². The zero-order valence-corrected chi connectivity index (χ0v) is 24.8. The first kappa shape index (κ1) is 30.1. The zero-order chi connectivity index (χ0) is 29.6. The Balaban J connectivity index is 1.57. The van der Waals surface area contributed by atoms with Gasteiger partial charge in [-0.15, -0.1) is 6.58 Å². The second-order valence-electron chi connectivity index (χ2n) is 13.5. The molecule has 4 aliphatic carbocycles. The standard InChI is InChI=1S/C36H45F3O2/c1-5-6-7-26(20-23(2)3)24-8-10-25(11-9-24)31-22-34(4)32(16-17-35(34,41)18-19-36(37,38)39)30-14-12-27-21-28(40)13-15-29(27)33(30)31/h8-11,18-19,21,26,30-32,41H,2,5-7,12-17,20,22H2,1,3-4H3. The molecule has 0 bridgehead atoms. The van der Waals surface area contributed by atoms with E-state index in [4.69, 9.17) is 0 Å². The predicted octanol–water partition coefficient (Wildman–Crippen LogP) is 9.68. The van der Waals surface area contributed by atoms with Crippen molar-refractivity contribution in [3.05, 3.63) is 82.5 Å². The van der Waals surface area contributed by atoms with E-state index < -0.39 is 17.2 Å². The Hall–Kier alpha value is -2.40. The average molecular weight is 567 g/mol. The number of aliphatic hydroxyl groups is 1. The molecule has 2 fully saturated rings. The molecule has 2 saturated carbocycles. The molecule has 0 aromatic heterocycles. The van der Waals surface area contributed by atoms with Crippen molar-refractivity contribution < 1.29 is 23.1 Å². The highest BCUT2D eigenvalue weighted by Gasteiger charge is 2.62. The van der Waals surface area contributed by atoms with Crippen molar-refractivity contribution in [2.24, 2.45) is 17.3 Å². The third-order valence-corrected chi connectivity index (χ3v) is 10.8. The van der Waals surface area contributed by atoms with E-state index >= 15 is 0 Å². The van der Waals surface area contributed by atoms with Crippen molar-refractivity contribution in [2.45, 2.75) is 115 Å². The van der Waals surface area contributed by atoms with E-state index in [1.54, 1.807) is 0 Å². The summed E-state index contributed by atoms with van der Waals surface area (Å²) in [5, 5.41) is 11.8. The van der Waals surface area contributed by atoms with Crippen LogP contribution in [-0.4, -0.2) is 22.7 Å². The summed E-state index contributed by atoms with van der Waals surface area (Å²) in [6.45, 7) is 10.5. The highest BCUT2D eigenvalue weighted by molar-refractivity contribution is 5.93. The fraction of sp³-hybridized carbons (Fsp3) is 0.583. The number of alkyl halides is 3. The fourth-order valence-electron chi connectivity index (χ4n) is 8.76. The van der Waals surface area contributed by atoms with Gasteiger partial charge in [-0.3, -0.25) is 4.79 Å². The number of unbranched alkanes of at least 4 members (excludes halogenated alkanes) is 1. The summed E-state index contributed by atoms with van der Waals surface area (Å²) in [6, 6.07) is 8.91. The molecule has 1 N–H and O–H groups in total. The van der Waals surface area contributed by atoms with Crippen LogP contribution in [0.15, 0.2) is 71.4 Å². The van der Waals surface area contributed by atoms with Gasteiger partial charge >= 0.3 is 6.18 Å². The lowest BCUT2D eigenvalue weighted by Crippen LogP contribution is -2.50. The topological polar surface area (TPSA) is 37.3 Å². The van der Waals surface area contributed by atoms with Crippen LogP contribution in [0.2, 0.25) is 0 Å². The van der Waals surface area contributed by atoms with Gasteiger partial charge in [0.2, 0.25) is 0 Å². The molecule has 0 saturated heterocycles. The van der Waals surface area contributed by atoms with Gasteiger partial charge in [-0.2, -0.15) is 13.2 Å². The first-order valence-corrected chi connectivity index (χ1v) is 15.6. The number of fused-ring (bicyclic) bond motifs is 4. The monoisotopic (exact) mass is 566 g/mol. The summed E-state index contributed by atoms with van der Waals surface area (Å²) in [5.74, 6) is 0.920. The fourth-order valence-corrected chi connectivity index (χ4v) is 8.76. The van der Waals surface area contributed by atoms with Gasteiger partial charge in [0.15, 0.2) is 5.78 Å². The van der Waals surface area contributed by atoms with Crippen molar-refractivity contribution >= 4 is 5.78 Å². The summed E-state index contributed by atoms with van der Waals surface area (Å²) in [6.07, 6.45) is 7.65. The Morgan fingerprint density at radius 2 is 1.90 bits per heavy atom. The lowest BCUT2D eigenvalue weighted by Gasteiger charge is -2.54. The van der Waals surface area contributed by atoms with E-state index in [2.05, 4.69) is 44.7 Å². The Bertz CT molecular complexity index is 1270. The molecule has 5 heteroatoms. The van der Waals surface area contributed by atoms with Crippen molar-refractivity contribution in [2.75, 3.05) is 0 Å². The molecule has 41 heavy (non-hydrogen) atoms. The van der Waals surface area contributed by atoms with E-state index in [1.165, 1.54) is 22.3 Å². The average Bonchev–Trinajstić information content (AvgIpc) is 3.19. The largest absolute Gasteiger partial charge is 0.409 e. The quantitative estimate of drug-likeness (QED) is 0.318. The van der Waals surface area contributed by atoms with Gasteiger partial charge in [0.05, 0.1) is 5.60 Å². The van der Waals surface area contributed by atoms with Crippen LogP contribution in [0.5, 0.6) is 0 Å². The second kappa shape index (κ2) is 11.4. The maximum Gasteiger partial charge on any atom is 0.409 e. The van der Waals surface area contributed by atoms with Crippen molar-refractivity contribution in [1.29, 1.82) is 0 Å². The molecular formula is C36H45F3O2. The number of carbonyl (C=O) groups excluding carboxylic acids is 1. The molecule has 6 atom stereocenters. The molecule has 0 spiro atoms. The number of rotatable bonds is 8. The summed E-state index contributed by atoms with van der Waals surface area (Å²) >= 11 is 0. The number of allylic oxidation sites excluding steroid dienone is 6. The van der Waals surface area contributed by atoms with E-state index in [1.807, 2.05) is 13.0 Å². The normalized spacial score (nSPS) is 32.4. The molecule has 6 unspecified atom stereocenters. The van der Waals surface area contributed by atoms with Crippen LogP contribution >= 0.6 is 0 Å². The van der Waals surface area contributed by atoms with Crippen molar-refractivity contribution in [3.63, 3.8) is 0 Å². The Kier molecular flexibility index (Phi) is 8.33. The van der Waals surface area contributed by atoms with E-state index in [0.29, 0.717) is 31.6 Å². The van der Waals surface area contributed by atoms with Gasteiger partial charge in [-0.05, 0) is 110 Å². The summed E-state index contributed by atoms with van der Waals surface area (Å²) in [5.41, 5.74) is 5.31. The molecule has 222 valence electrons. The third kappa shape index (κ3) is 5.81. The lowest BCUT2D eigenvalue weighted by atomic mass is 9.51. The Labute approximate surface area is 243 Å². The minimum Gasteiger partial charge on any atom is -0.385 e. The van der Waals surface area contributed by atoms with E-state index in [9.17, 15) is 23.1 Å². The van der Waals surface area contributed by atoms with Gasteiger partial charge in [-0.1, -0.05) is 62.1 Å². The number of hydrogen-bond acceptors (Lipinski definition) is 2. The second-order valence-corrected chi connectivity index (χ2v) is 13.5. The van der Waals surface area contributed by atoms with Gasteiger partial charge in [-0.25, -0.2) is 0 Å². The highest BCUT2D eigenvalue weighted by atomic mass is 19.4. The van der Waals surface area contributed by atoms with Gasteiger partial charge in [0, 0.05) is 23.8 Å². The molecule has 0 amide bonds. The molecule has 1 aromatic carbocycles. The smallest absolute Gasteiger partial charge is 0.385 e. The molecule has 0 radical (unpaired) electrons. The van der Waals surface area contributed by atoms with Crippen LogP contribution in [0, 0.1) is 17.3 Å². The highest BCUT2D eigenvalue weighted by Crippen LogP contribution is 2.67. The first-order chi connectivity index (χ1) is 19.3. The first-order valence-electron chi connectivity index (χ1n) is 15.6. The van der Waals surface area contributed by atoms with Crippen LogP contribution in [0.4, 0.5) is 13.2 Å². The van der Waals surface area contributed by atoms with Gasteiger partial charge in [0.25, 0.3) is 0 Å². The van der Waals surface area contributed by atoms with Crippen molar-refractivity contribution in [1.82, 2.24) is 0 Å². The minimum atomic E-state index is -4.46. The van der Waals surface area contributed by atoms with Crippen LogP contribution in [0.1, 0.15) is 114 Å². The molecule has 0 aliphatic heterocycles. The molecule has 5 rings (SSSR count). The third-order valence-electron chi connectivity index (χ3n) is 10.8. The number of hydrogen-bond donors (Lipinski definition) is 1. The van der Waals surface area contributed by atoms with E-state index in [-0.39, 0.29) is 29.6 Å². The summed E-state index contributed by atoms with van der Waals surface area (Å²) < 4.78 is 39.8. The number of benzene rings is 1. The van der Waals surface area contributed by atoms with Crippen molar-refractivity contribution in [3.8, 4) is 0 Å². The number of halogens is 3. The number of ketones is 1. The predicted molar refractivity (Wildman–Crippen MR) is 159 cm³/mol. The number of carbonyl (C=O) groups is 1. The summed E-state index contributed by atoms with van der Waals surface area (Å²) in [4.78, 5) is 12.3. The zero-order valence-electron chi connectivity index (χ0n) is 24.8. The SMILES string of the molecule is C=C(C)CC(CCCC)c1ccc(C2CC3(C)C(CCC3(O)C=CC(F)(F)F)C3CCC4=CC(=O)CCC4=C23)cc1. The Morgan fingerprint density at radius 3 is 2.56 bits per heavy atom. The van der Waals surface area contributed by atoms with Gasteiger partial charge < -0.3 is 5.11 Å². The van der Waals surface area contributed by atoms with E-state index in [0.717, 1.165) is 62.2 Å². The summed E-state index contributed by atoms with van der Waals surface area (Å²) in [7, 11) is 0. The molecule has 1 aromatic rings. The molecule has 0 heterocycles. The molecule has 4 aliphatic rings. The lowest BCUT2D eigenvalue weighted by molar-refractivity contribution is -0.114. The maximum atomic E-state index is 13.3.